The third-order valence-corrected chi connectivity index (χ3v) is 5.11. The van der Waals surface area contributed by atoms with Crippen LogP contribution in [0, 0.1) is 0 Å². The molecule has 0 rings (SSSR count). The van der Waals surface area contributed by atoms with E-state index in [-0.39, 0.29) is 0 Å². The summed E-state index contributed by atoms with van der Waals surface area (Å²) < 4.78 is 5.57. The van der Waals surface area contributed by atoms with Crippen molar-refractivity contribution in [3.63, 3.8) is 0 Å². The molecule has 156 valence electrons. The van der Waals surface area contributed by atoms with E-state index >= 15 is 0 Å². The van der Waals surface area contributed by atoms with Gasteiger partial charge in [-0.2, -0.15) is 0 Å². The molecule has 26 heavy (non-hydrogen) atoms. The first-order valence-electron chi connectivity index (χ1n) is 12.0. The van der Waals surface area contributed by atoms with Gasteiger partial charge in [0.15, 0.2) is 0 Å². The molecule has 0 spiro atoms. The first-order chi connectivity index (χ1) is 12.8. The van der Waals surface area contributed by atoms with E-state index in [9.17, 15) is 0 Å². The van der Waals surface area contributed by atoms with Gasteiger partial charge in [0.05, 0.1) is 6.10 Å². The van der Waals surface area contributed by atoms with Crippen LogP contribution in [0.5, 0.6) is 0 Å². The second-order valence-corrected chi connectivity index (χ2v) is 8.27. The Morgan fingerprint density at radius 3 is 1.35 bits per heavy atom. The van der Waals surface area contributed by atoms with Crippen LogP contribution >= 0.6 is 0 Å². The molecule has 0 fully saturated rings. The molecule has 0 atom stereocenters. The summed E-state index contributed by atoms with van der Waals surface area (Å²) in [5, 5.41) is 0. The van der Waals surface area contributed by atoms with Crippen LogP contribution in [0.1, 0.15) is 136 Å². The maximum atomic E-state index is 5.57. The standard InChI is InChI=1S/C25H50O/c1-4-5-6-7-8-9-10-11-12-13-14-15-16-17-18-19-20-21-22-23-24-26-25(2)3/h15-16,25H,4-14,17-24H2,1-3H3/b16-15-. The minimum atomic E-state index is 0.391. The van der Waals surface area contributed by atoms with E-state index in [1.807, 2.05) is 0 Å². The summed E-state index contributed by atoms with van der Waals surface area (Å²) in [6, 6.07) is 0. The van der Waals surface area contributed by atoms with Gasteiger partial charge in [-0.25, -0.2) is 0 Å². The number of allylic oxidation sites excluding steroid dienone is 2. The number of hydrogen-bond acceptors (Lipinski definition) is 1. The van der Waals surface area contributed by atoms with Crippen LogP contribution in [-0.2, 0) is 4.74 Å². The predicted octanol–water partition coefficient (Wildman–Crippen LogP) is 9.01. The van der Waals surface area contributed by atoms with Crippen molar-refractivity contribution in [3.05, 3.63) is 12.2 Å². The van der Waals surface area contributed by atoms with Gasteiger partial charge in [-0.15, -0.1) is 0 Å². The van der Waals surface area contributed by atoms with Gasteiger partial charge in [0.25, 0.3) is 0 Å². The highest BCUT2D eigenvalue weighted by Crippen LogP contribution is 2.12. The van der Waals surface area contributed by atoms with Crippen LogP contribution in [0.4, 0.5) is 0 Å². The lowest BCUT2D eigenvalue weighted by molar-refractivity contribution is 0.0757. The summed E-state index contributed by atoms with van der Waals surface area (Å²) >= 11 is 0. The Labute approximate surface area is 166 Å². The molecular weight excluding hydrogens is 316 g/mol. The van der Waals surface area contributed by atoms with Crippen molar-refractivity contribution in [2.75, 3.05) is 6.61 Å². The monoisotopic (exact) mass is 366 g/mol. The topological polar surface area (TPSA) is 9.23 Å². The Morgan fingerprint density at radius 2 is 0.923 bits per heavy atom. The van der Waals surface area contributed by atoms with E-state index in [1.54, 1.807) is 0 Å². The van der Waals surface area contributed by atoms with Crippen molar-refractivity contribution in [1.29, 1.82) is 0 Å². The van der Waals surface area contributed by atoms with Crippen LogP contribution in [0.2, 0.25) is 0 Å². The predicted molar refractivity (Wildman–Crippen MR) is 119 cm³/mol. The molecule has 0 radical (unpaired) electrons. The lowest BCUT2D eigenvalue weighted by Gasteiger charge is -2.06. The Bertz CT molecular complexity index is 269. The molecule has 0 aliphatic rings. The number of hydrogen-bond donors (Lipinski definition) is 0. The van der Waals surface area contributed by atoms with Crippen molar-refractivity contribution in [3.8, 4) is 0 Å². The smallest absolute Gasteiger partial charge is 0.0518 e. The Balaban J connectivity index is 3.07. The zero-order chi connectivity index (χ0) is 19.1. The third kappa shape index (κ3) is 23.7. The highest BCUT2D eigenvalue weighted by Gasteiger charge is 1.94. The summed E-state index contributed by atoms with van der Waals surface area (Å²) in [6.45, 7) is 7.47. The molecule has 0 aromatic carbocycles. The number of ether oxygens (including phenoxy) is 1. The van der Waals surface area contributed by atoms with Gasteiger partial charge in [0.2, 0.25) is 0 Å². The molecule has 0 saturated heterocycles. The summed E-state index contributed by atoms with van der Waals surface area (Å²) in [4.78, 5) is 0. The van der Waals surface area contributed by atoms with E-state index in [0.29, 0.717) is 6.10 Å². The molecule has 0 unspecified atom stereocenters. The summed E-state index contributed by atoms with van der Waals surface area (Å²) in [5.74, 6) is 0. The fourth-order valence-electron chi connectivity index (χ4n) is 3.38. The molecule has 0 amide bonds. The first-order valence-corrected chi connectivity index (χ1v) is 12.0. The second-order valence-electron chi connectivity index (χ2n) is 8.27. The molecule has 0 bridgehead atoms. The fraction of sp³-hybridized carbons (Fsp3) is 0.920. The second kappa shape index (κ2) is 22.7. The average molecular weight is 367 g/mol. The fourth-order valence-corrected chi connectivity index (χ4v) is 3.38. The van der Waals surface area contributed by atoms with Crippen molar-refractivity contribution in [2.45, 2.75) is 142 Å². The van der Waals surface area contributed by atoms with E-state index in [1.165, 1.54) is 116 Å². The Hall–Kier alpha value is -0.300. The zero-order valence-corrected chi connectivity index (χ0v) is 18.6. The van der Waals surface area contributed by atoms with E-state index in [2.05, 4.69) is 32.9 Å². The molecule has 0 N–H and O–H groups in total. The van der Waals surface area contributed by atoms with Crippen LogP contribution in [0.25, 0.3) is 0 Å². The van der Waals surface area contributed by atoms with Gasteiger partial charge in [0.1, 0.15) is 0 Å². The molecule has 0 saturated carbocycles. The average Bonchev–Trinajstić information content (AvgIpc) is 2.62. The van der Waals surface area contributed by atoms with Gasteiger partial charge in [-0.05, 0) is 46.0 Å². The lowest BCUT2D eigenvalue weighted by Crippen LogP contribution is -2.03. The van der Waals surface area contributed by atoms with Crippen molar-refractivity contribution in [1.82, 2.24) is 0 Å². The van der Waals surface area contributed by atoms with Crippen LogP contribution < -0.4 is 0 Å². The van der Waals surface area contributed by atoms with Gasteiger partial charge < -0.3 is 4.74 Å². The van der Waals surface area contributed by atoms with E-state index in [4.69, 9.17) is 4.74 Å². The normalized spacial score (nSPS) is 11.8. The van der Waals surface area contributed by atoms with E-state index < -0.39 is 0 Å². The number of unbranched alkanes of at least 4 members (excludes halogenated alkanes) is 16. The van der Waals surface area contributed by atoms with Gasteiger partial charge in [0, 0.05) is 6.61 Å². The lowest BCUT2D eigenvalue weighted by atomic mass is 10.1. The number of rotatable bonds is 21. The van der Waals surface area contributed by atoms with Crippen molar-refractivity contribution >= 4 is 0 Å². The maximum absolute atomic E-state index is 5.57. The Kier molecular flexibility index (Phi) is 22.5. The molecule has 1 nitrogen and oxygen atoms in total. The summed E-state index contributed by atoms with van der Waals surface area (Å²) in [7, 11) is 0. The SMILES string of the molecule is CCCCCCCCCCCC/C=C\CCCCCCCCOC(C)C. The van der Waals surface area contributed by atoms with E-state index in [0.717, 1.165) is 6.61 Å². The van der Waals surface area contributed by atoms with Crippen LogP contribution in [0.15, 0.2) is 12.2 Å². The molecule has 0 aliphatic heterocycles. The van der Waals surface area contributed by atoms with Gasteiger partial charge >= 0.3 is 0 Å². The van der Waals surface area contributed by atoms with Crippen LogP contribution in [0.3, 0.4) is 0 Å². The minimum Gasteiger partial charge on any atom is -0.379 e. The van der Waals surface area contributed by atoms with Crippen molar-refractivity contribution in [2.24, 2.45) is 0 Å². The summed E-state index contributed by atoms with van der Waals surface area (Å²) in [6.07, 6.45) is 30.3. The highest BCUT2D eigenvalue weighted by molar-refractivity contribution is 4.81. The molecule has 0 aromatic rings. The Morgan fingerprint density at radius 1 is 0.538 bits per heavy atom. The quantitative estimate of drug-likeness (QED) is 0.145. The molecule has 0 heterocycles. The molecule has 0 aliphatic carbocycles. The summed E-state index contributed by atoms with van der Waals surface area (Å²) in [5.41, 5.74) is 0. The van der Waals surface area contributed by atoms with Gasteiger partial charge in [-0.1, -0.05) is 103 Å². The van der Waals surface area contributed by atoms with Crippen LogP contribution in [-0.4, -0.2) is 12.7 Å². The first kappa shape index (κ1) is 25.7. The highest BCUT2D eigenvalue weighted by atomic mass is 16.5. The van der Waals surface area contributed by atoms with Crippen molar-refractivity contribution < 1.29 is 4.74 Å². The molecule has 1 heteroatoms. The third-order valence-electron chi connectivity index (χ3n) is 5.11. The maximum Gasteiger partial charge on any atom is 0.0518 e. The largest absolute Gasteiger partial charge is 0.379 e. The zero-order valence-electron chi connectivity index (χ0n) is 18.6. The molecular formula is C25H50O. The minimum absolute atomic E-state index is 0.391. The van der Waals surface area contributed by atoms with Gasteiger partial charge in [-0.3, -0.25) is 0 Å². The molecule has 0 aromatic heterocycles.